The summed E-state index contributed by atoms with van der Waals surface area (Å²) in [4.78, 5) is 10.8. The molecule has 0 bridgehead atoms. The van der Waals surface area contributed by atoms with Crippen LogP contribution in [0.1, 0.15) is 45.4 Å². The molecule has 0 fully saturated rings. The molecule has 1 nitrogen and oxygen atoms in total. The van der Waals surface area contributed by atoms with Crippen molar-refractivity contribution in [3.63, 3.8) is 0 Å². The van der Waals surface area contributed by atoms with E-state index in [1.54, 1.807) is 6.92 Å². The minimum absolute atomic E-state index is 0.158. The number of thioether (sulfide) groups is 1. The Balaban J connectivity index is 3.16. The van der Waals surface area contributed by atoms with Gasteiger partial charge < -0.3 is 0 Å². The Bertz CT molecular complexity index is 180. The van der Waals surface area contributed by atoms with E-state index in [0.717, 1.165) is 18.6 Å². The van der Waals surface area contributed by atoms with E-state index >= 15 is 0 Å². The first-order chi connectivity index (χ1) is 6.95. The minimum atomic E-state index is -4.02. The van der Waals surface area contributed by atoms with Crippen LogP contribution in [0.2, 0.25) is 0 Å². The zero-order valence-corrected chi connectivity index (χ0v) is 9.72. The van der Waals surface area contributed by atoms with Gasteiger partial charge in [0.2, 0.25) is 0 Å². The summed E-state index contributed by atoms with van der Waals surface area (Å²) in [5.41, 5.74) is 0. The molecular formula is C10H17F3OS. The zero-order valence-electron chi connectivity index (χ0n) is 8.90. The molecule has 0 amide bonds. The lowest BCUT2D eigenvalue weighted by atomic mass is 10.1. The van der Waals surface area contributed by atoms with Crippen molar-refractivity contribution >= 4 is 16.9 Å². The monoisotopic (exact) mass is 242 g/mol. The van der Waals surface area contributed by atoms with Gasteiger partial charge in [-0.1, -0.05) is 31.5 Å². The molecule has 0 spiro atoms. The van der Waals surface area contributed by atoms with Crippen LogP contribution in [0, 0.1) is 0 Å². The number of unbranched alkanes of at least 4 members (excludes halogenated alkanes) is 3. The second-order valence-corrected chi connectivity index (χ2v) is 4.51. The third-order valence-electron chi connectivity index (χ3n) is 1.91. The average molecular weight is 242 g/mol. The second-order valence-electron chi connectivity index (χ2n) is 3.35. The van der Waals surface area contributed by atoms with Gasteiger partial charge in [-0.05, 0) is 12.8 Å². The summed E-state index contributed by atoms with van der Waals surface area (Å²) in [5, 5.41) is 0.158. The van der Waals surface area contributed by atoms with Crippen molar-refractivity contribution in [1.29, 1.82) is 0 Å². The van der Waals surface area contributed by atoms with E-state index in [2.05, 4.69) is 0 Å². The molecular weight excluding hydrogens is 225 g/mol. The van der Waals surface area contributed by atoms with Crippen LogP contribution in [-0.2, 0) is 4.79 Å². The molecule has 0 aromatic rings. The van der Waals surface area contributed by atoms with E-state index in [1.807, 2.05) is 0 Å². The van der Waals surface area contributed by atoms with Gasteiger partial charge in [0.25, 0.3) is 0 Å². The highest BCUT2D eigenvalue weighted by Gasteiger charge is 2.25. The maximum absolute atomic E-state index is 11.7. The smallest absolute Gasteiger partial charge is 0.287 e. The molecule has 0 aromatic carbocycles. The van der Waals surface area contributed by atoms with Crippen molar-refractivity contribution in [1.82, 2.24) is 0 Å². The maximum Gasteiger partial charge on any atom is 0.389 e. The molecule has 0 aliphatic carbocycles. The summed E-state index contributed by atoms with van der Waals surface area (Å²) < 4.78 is 35.2. The van der Waals surface area contributed by atoms with Gasteiger partial charge in [-0.25, -0.2) is 0 Å². The molecule has 0 unspecified atom stereocenters. The fourth-order valence-corrected chi connectivity index (χ4v) is 1.85. The van der Waals surface area contributed by atoms with Gasteiger partial charge in [0, 0.05) is 18.6 Å². The number of carbonyl (C=O) groups excluding carboxylic acids is 1. The molecule has 0 aliphatic rings. The quantitative estimate of drug-likeness (QED) is 0.623. The highest BCUT2D eigenvalue weighted by Crippen LogP contribution is 2.23. The fourth-order valence-electron chi connectivity index (χ4n) is 1.07. The standard InChI is InChI=1S/C10H17F3OS/c1-2-9(14)15-8-6-4-3-5-7-10(11,12)13/h2-8H2,1H3. The van der Waals surface area contributed by atoms with Gasteiger partial charge in [-0.3, -0.25) is 4.79 Å². The third-order valence-corrected chi connectivity index (χ3v) is 3.01. The predicted molar refractivity (Wildman–Crippen MR) is 56.9 cm³/mol. The van der Waals surface area contributed by atoms with E-state index in [-0.39, 0.29) is 11.5 Å². The van der Waals surface area contributed by atoms with Gasteiger partial charge in [0.1, 0.15) is 0 Å². The Morgan fingerprint density at radius 3 is 2.27 bits per heavy atom. The molecule has 0 saturated heterocycles. The average Bonchev–Trinajstić information content (AvgIpc) is 2.14. The Labute approximate surface area is 92.8 Å². The van der Waals surface area contributed by atoms with Gasteiger partial charge >= 0.3 is 6.18 Å². The van der Waals surface area contributed by atoms with Crippen molar-refractivity contribution in [2.45, 2.75) is 51.6 Å². The van der Waals surface area contributed by atoms with E-state index < -0.39 is 12.6 Å². The van der Waals surface area contributed by atoms with Crippen molar-refractivity contribution in [2.24, 2.45) is 0 Å². The summed E-state index contributed by atoms with van der Waals surface area (Å²) in [6.07, 6.45) is -1.77. The molecule has 15 heavy (non-hydrogen) atoms. The van der Waals surface area contributed by atoms with Crippen LogP contribution < -0.4 is 0 Å². The molecule has 0 N–H and O–H groups in total. The first kappa shape index (κ1) is 14.8. The minimum Gasteiger partial charge on any atom is -0.287 e. The molecule has 0 rings (SSSR count). The number of alkyl halides is 3. The summed E-state index contributed by atoms with van der Waals surface area (Å²) in [7, 11) is 0. The highest BCUT2D eigenvalue weighted by atomic mass is 32.2. The van der Waals surface area contributed by atoms with E-state index in [4.69, 9.17) is 0 Å². The van der Waals surface area contributed by atoms with Crippen molar-refractivity contribution in [3.8, 4) is 0 Å². The summed E-state index contributed by atoms with van der Waals surface area (Å²) >= 11 is 1.28. The first-order valence-corrected chi connectivity index (χ1v) is 6.16. The third kappa shape index (κ3) is 11.7. The lowest BCUT2D eigenvalue weighted by Gasteiger charge is -2.05. The van der Waals surface area contributed by atoms with Crippen LogP contribution in [-0.4, -0.2) is 17.0 Å². The molecule has 0 radical (unpaired) electrons. The van der Waals surface area contributed by atoms with Crippen LogP contribution in [0.15, 0.2) is 0 Å². The first-order valence-electron chi connectivity index (χ1n) is 5.18. The Hall–Kier alpha value is -0.190. The number of hydrogen-bond donors (Lipinski definition) is 0. The van der Waals surface area contributed by atoms with Gasteiger partial charge in [-0.15, -0.1) is 0 Å². The SMILES string of the molecule is CCC(=O)SCCCCCCC(F)(F)F. The Morgan fingerprint density at radius 1 is 1.13 bits per heavy atom. The number of hydrogen-bond acceptors (Lipinski definition) is 2. The second kappa shape index (κ2) is 8.02. The van der Waals surface area contributed by atoms with Gasteiger partial charge in [0.15, 0.2) is 5.12 Å². The van der Waals surface area contributed by atoms with E-state index in [9.17, 15) is 18.0 Å². The summed E-state index contributed by atoms with van der Waals surface area (Å²) in [6, 6.07) is 0. The number of halogens is 3. The maximum atomic E-state index is 11.7. The summed E-state index contributed by atoms with van der Waals surface area (Å²) in [5.74, 6) is 0.735. The molecule has 5 heteroatoms. The van der Waals surface area contributed by atoms with Crippen LogP contribution >= 0.6 is 11.8 Å². The number of rotatable bonds is 7. The van der Waals surface area contributed by atoms with E-state index in [0.29, 0.717) is 12.8 Å². The lowest BCUT2D eigenvalue weighted by molar-refractivity contribution is -0.135. The Kier molecular flexibility index (Phi) is 7.92. The van der Waals surface area contributed by atoms with Crippen LogP contribution in [0.4, 0.5) is 13.2 Å². The van der Waals surface area contributed by atoms with Crippen molar-refractivity contribution in [2.75, 3.05) is 5.75 Å². The van der Waals surface area contributed by atoms with E-state index in [1.165, 1.54) is 11.8 Å². The molecule has 0 heterocycles. The zero-order chi connectivity index (χ0) is 11.7. The highest BCUT2D eigenvalue weighted by molar-refractivity contribution is 8.13. The van der Waals surface area contributed by atoms with Crippen LogP contribution in [0.3, 0.4) is 0 Å². The van der Waals surface area contributed by atoms with Gasteiger partial charge in [0.05, 0.1) is 0 Å². The number of carbonyl (C=O) groups is 1. The molecule has 0 aliphatic heterocycles. The fraction of sp³-hybridized carbons (Fsp3) is 0.900. The van der Waals surface area contributed by atoms with Gasteiger partial charge in [-0.2, -0.15) is 13.2 Å². The van der Waals surface area contributed by atoms with Crippen molar-refractivity contribution in [3.05, 3.63) is 0 Å². The van der Waals surface area contributed by atoms with Crippen LogP contribution in [0.5, 0.6) is 0 Å². The topological polar surface area (TPSA) is 17.1 Å². The van der Waals surface area contributed by atoms with Crippen LogP contribution in [0.25, 0.3) is 0 Å². The predicted octanol–water partition coefficient (Wildman–Crippen LogP) is 4.17. The molecule has 0 aromatic heterocycles. The normalized spacial score (nSPS) is 11.7. The lowest BCUT2D eigenvalue weighted by Crippen LogP contribution is -2.06. The Morgan fingerprint density at radius 2 is 1.73 bits per heavy atom. The largest absolute Gasteiger partial charge is 0.389 e. The summed E-state index contributed by atoms with van der Waals surface area (Å²) in [6.45, 7) is 1.80. The van der Waals surface area contributed by atoms with Crippen molar-refractivity contribution < 1.29 is 18.0 Å². The molecule has 90 valence electrons. The molecule has 0 atom stereocenters. The molecule has 0 saturated carbocycles.